The average Bonchev–Trinajstić information content (AvgIpc) is 2.46. The Bertz CT molecular complexity index is 499. The number of hydrogen-bond donors (Lipinski definition) is 3. The monoisotopic (exact) mass is 261 g/mol. The normalized spacial score (nSPS) is 16.3. The van der Waals surface area contributed by atoms with Gasteiger partial charge in [0.05, 0.1) is 12.6 Å². The van der Waals surface area contributed by atoms with Crippen LogP contribution in [0.25, 0.3) is 0 Å². The number of amides is 2. The van der Waals surface area contributed by atoms with Gasteiger partial charge in [-0.25, -0.2) is 5.43 Å². The Morgan fingerprint density at radius 3 is 2.68 bits per heavy atom. The van der Waals surface area contributed by atoms with Gasteiger partial charge in [-0.1, -0.05) is 30.3 Å². The number of nitrogens with one attached hydrogen (secondary N) is 2. The SMILES string of the molecule is O=C1CCC(C(=O)N[C@@H](CO)c2ccccc2)=NN1. The molecule has 6 nitrogen and oxygen atoms in total. The largest absolute Gasteiger partial charge is 0.394 e. The summed E-state index contributed by atoms with van der Waals surface area (Å²) in [6.45, 7) is -0.199. The van der Waals surface area contributed by atoms with Gasteiger partial charge in [-0.05, 0) is 5.56 Å². The third kappa shape index (κ3) is 3.38. The van der Waals surface area contributed by atoms with Crippen LogP contribution in [0.1, 0.15) is 24.4 Å². The smallest absolute Gasteiger partial charge is 0.268 e. The van der Waals surface area contributed by atoms with Crippen LogP contribution < -0.4 is 10.7 Å². The molecule has 19 heavy (non-hydrogen) atoms. The van der Waals surface area contributed by atoms with Gasteiger partial charge in [0.2, 0.25) is 5.91 Å². The second-order valence-electron chi connectivity index (χ2n) is 4.21. The zero-order valence-corrected chi connectivity index (χ0v) is 10.3. The van der Waals surface area contributed by atoms with Gasteiger partial charge in [-0.2, -0.15) is 5.10 Å². The first-order valence-electron chi connectivity index (χ1n) is 6.03. The Kier molecular flexibility index (Phi) is 4.25. The van der Waals surface area contributed by atoms with Crippen LogP contribution in [0.15, 0.2) is 35.4 Å². The summed E-state index contributed by atoms with van der Waals surface area (Å²) in [4.78, 5) is 22.9. The van der Waals surface area contributed by atoms with Crippen molar-refractivity contribution < 1.29 is 14.7 Å². The van der Waals surface area contributed by atoms with Crippen LogP contribution in [-0.2, 0) is 9.59 Å². The van der Waals surface area contributed by atoms with Gasteiger partial charge in [-0.15, -0.1) is 0 Å². The lowest BCUT2D eigenvalue weighted by Gasteiger charge is -2.18. The molecule has 0 bridgehead atoms. The fourth-order valence-corrected chi connectivity index (χ4v) is 1.80. The van der Waals surface area contributed by atoms with Gasteiger partial charge in [0.25, 0.3) is 5.91 Å². The maximum Gasteiger partial charge on any atom is 0.268 e. The molecule has 2 rings (SSSR count). The summed E-state index contributed by atoms with van der Waals surface area (Å²) in [5.74, 6) is -0.568. The van der Waals surface area contributed by atoms with Crippen LogP contribution in [0.4, 0.5) is 0 Å². The van der Waals surface area contributed by atoms with Crippen molar-refractivity contribution in [2.45, 2.75) is 18.9 Å². The van der Waals surface area contributed by atoms with Crippen molar-refractivity contribution in [3.05, 3.63) is 35.9 Å². The molecule has 1 aliphatic heterocycles. The molecule has 0 aliphatic carbocycles. The van der Waals surface area contributed by atoms with E-state index in [4.69, 9.17) is 0 Å². The van der Waals surface area contributed by atoms with Crippen molar-refractivity contribution in [2.75, 3.05) is 6.61 Å². The predicted octanol–water partition coefficient (Wildman–Crippen LogP) is 0.102. The zero-order chi connectivity index (χ0) is 13.7. The highest BCUT2D eigenvalue weighted by Gasteiger charge is 2.21. The minimum atomic E-state index is -0.478. The summed E-state index contributed by atoms with van der Waals surface area (Å²) in [5, 5.41) is 15.8. The van der Waals surface area contributed by atoms with Crippen molar-refractivity contribution in [2.24, 2.45) is 5.10 Å². The molecule has 0 spiro atoms. The van der Waals surface area contributed by atoms with Gasteiger partial charge in [0.15, 0.2) is 0 Å². The molecule has 1 atom stereocenters. The fourth-order valence-electron chi connectivity index (χ4n) is 1.80. The molecular formula is C13H15N3O3. The number of hydrogen-bond acceptors (Lipinski definition) is 4. The van der Waals surface area contributed by atoms with Crippen LogP contribution in [0.3, 0.4) is 0 Å². The minimum absolute atomic E-state index is 0.196. The number of carbonyl (C=O) groups excluding carboxylic acids is 2. The standard InChI is InChI=1S/C13H15N3O3/c17-8-11(9-4-2-1-3-5-9)14-13(19)10-6-7-12(18)16-15-10/h1-5,11,17H,6-8H2,(H,14,19)(H,16,18)/t11-/m0/s1. The molecule has 0 aromatic heterocycles. The Balaban J connectivity index is 2.03. The quantitative estimate of drug-likeness (QED) is 0.718. The second kappa shape index (κ2) is 6.10. The molecule has 0 saturated carbocycles. The lowest BCUT2D eigenvalue weighted by molar-refractivity contribution is -0.121. The van der Waals surface area contributed by atoms with Crippen molar-refractivity contribution in [3.8, 4) is 0 Å². The van der Waals surface area contributed by atoms with Crippen LogP contribution in [0.5, 0.6) is 0 Å². The van der Waals surface area contributed by atoms with Crippen molar-refractivity contribution in [1.82, 2.24) is 10.7 Å². The van der Waals surface area contributed by atoms with Crippen LogP contribution >= 0.6 is 0 Å². The molecule has 0 unspecified atom stereocenters. The topological polar surface area (TPSA) is 90.8 Å². The second-order valence-corrected chi connectivity index (χ2v) is 4.21. The Labute approximate surface area is 110 Å². The van der Waals surface area contributed by atoms with Crippen LogP contribution in [-0.4, -0.2) is 29.2 Å². The van der Waals surface area contributed by atoms with E-state index in [1.807, 2.05) is 30.3 Å². The number of aliphatic hydroxyl groups excluding tert-OH is 1. The highest BCUT2D eigenvalue weighted by molar-refractivity contribution is 6.39. The van der Waals surface area contributed by atoms with Crippen LogP contribution in [0, 0.1) is 0 Å². The number of aliphatic hydroxyl groups is 1. The third-order valence-electron chi connectivity index (χ3n) is 2.86. The van der Waals surface area contributed by atoms with E-state index < -0.39 is 6.04 Å². The lowest BCUT2D eigenvalue weighted by atomic mass is 10.1. The first-order valence-corrected chi connectivity index (χ1v) is 6.03. The lowest BCUT2D eigenvalue weighted by Crippen LogP contribution is -2.39. The van der Waals surface area contributed by atoms with E-state index >= 15 is 0 Å². The Hall–Kier alpha value is -2.21. The maximum atomic E-state index is 11.9. The highest BCUT2D eigenvalue weighted by Crippen LogP contribution is 2.12. The first-order chi connectivity index (χ1) is 9.20. The van der Waals surface area contributed by atoms with Gasteiger partial charge in [0, 0.05) is 12.8 Å². The summed E-state index contributed by atoms with van der Waals surface area (Å²) in [6, 6.07) is 8.71. The molecule has 1 heterocycles. The maximum absolute atomic E-state index is 11.9. The van der Waals surface area contributed by atoms with Gasteiger partial charge in [-0.3, -0.25) is 9.59 Å². The number of nitrogens with zero attached hydrogens (tertiary/aromatic N) is 1. The summed E-state index contributed by atoms with van der Waals surface area (Å²) < 4.78 is 0. The molecule has 100 valence electrons. The van der Waals surface area contributed by atoms with E-state index in [0.717, 1.165) is 5.56 Å². The number of carbonyl (C=O) groups is 2. The number of rotatable bonds is 4. The van der Waals surface area contributed by atoms with Gasteiger partial charge in [0.1, 0.15) is 5.71 Å². The predicted molar refractivity (Wildman–Crippen MR) is 69.2 cm³/mol. The number of benzene rings is 1. The molecular weight excluding hydrogens is 246 g/mol. The molecule has 1 aromatic rings. The van der Waals surface area contributed by atoms with E-state index in [1.165, 1.54) is 0 Å². The molecule has 0 saturated heterocycles. The summed E-state index contributed by atoms with van der Waals surface area (Å²) >= 11 is 0. The molecule has 2 amide bonds. The fraction of sp³-hybridized carbons (Fsp3) is 0.308. The Morgan fingerprint density at radius 2 is 2.11 bits per heavy atom. The minimum Gasteiger partial charge on any atom is -0.394 e. The molecule has 0 radical (unpaired) electrons. The molecule has 0 fully saturated rings. The molecule has 3 N–H and O–H groups in total. The van der Waals surface area contributed by atoms with E-state index in [9.17, 15) is 14.7 Å². The zero-order valence-electron chi connectivity index (χ0n) is 10.3. The summed E-state index contributed by atoms with van der Waals surface area (Å²) in [7, 11) is 0. The van der Waals surface area contributed by atoms with Crippen molar-refractivity contribution in [3.63, 3.8) is 0 Å². The highest BCUT2D eigenvalue weighted by atomic mass is 16.3. The van der Waals surface area contributed by atoms with E-state index in [1.54, 1.807) is 0 Å². The van der Waals surface area contributed by atoms with Crippen LogP contribution in [0.2, 0.25) is 0 Å². The van der Waals surface area contributed by atoms with Gasteiger partial charge >= 0.3 is 0 Å². The van der Waals surface area contributed by atoms with E-state index in [-0.39, 0.29) is 30.6 Å². The van der Waals surface area contributed by atoms with Gasteiger partial charge < -0.3 is 10.4 Å². The number of hydrazone groups is 1. The van der Waals surface area contributed by atoms with E-state index in [2.05, 4.69) is 15.8 Å². The summed E-state index contributed by atoms with van der Waals surface area (Å²) in [6.07, 6.45) is 0.561. The summed E-state index contributed by atoms with van der Waals surface area (Å²) in [5.41, 5.74) is 3.36. The third-order valence-corrected chi connectivity index (χ3v) is 2.86. The molecule has 1 aromatic carbocycles. The van der Waals surface area contributed by atoms with E-state index in [0.29, 0.717) is 6.42 Å². The molecule has 1 aliphatic rings. The van der Waals surface area contributed by atoms with Crippen molar-refractivity contribution >= 4 is 17.5 Å². The van der Waals surface area contributed by atoms with Crippen molar-refractivity contribution in [1.29, 1.82) is 0 Å². The Morgan fingerprint density at radius 1 is 1.37 bits per heavy atom. The first kappa shape index (κ1) is 13.2. The average molecular weight is 261 g/mol. The molecule has 6 heteroatoms.